The Bertz CT molecular complexity index is 1770. The van der Waals surface area contributed by atoms with Crippen LogP contribution in [0.4, 0.5) is 8.78 Å². The topological polar surface area (TPSA) is 152 Å². The Balaban J connectivity index is 1.70. The standard InChI is InChI=1S/C33H38F2N4O8S/c1-20(2)31-33(42)37-18-23-26(45-3)8-7-9-27(23)47-29-16-21(10-13-28(29)46-4)32(41)36-14-5-6-15-39(19-30(40)38-31)48(43,44)22-11-12-24(34)25(35)17-22/h7-13,16-17,20,31H,5-6,14-15,18-19H2,1-4H3,(H,36,41)(H,37,42)(H,38,40)/t31-/m1/s1. The van der Waals surface area contributed by atoms with E-state index in [-0.39, 0.29) is 37.4 Å². The number of nitrogens with one attached hydrogen (secondary N) is 3. The van der Waals surface area contributed by atoms with E-state index in [1.165, 1.54) is 20.3 Å². The largest absolute Gasteiger partial charge is 0.496 e. The van der Waals surface area contributed by atoms with Crippen LogP contribution in [0.2, 0.25) is 0 Å². The zero-order valence-corrected chi connectivity index (χ0v) is 27.8. The molecular formula is C33H38F2N4O8S. The van der Waals surface area contributed by atoms with Crippen LogP contribution in [0.1, 0.15) is 42.6 Å². The molecule has 1 aliphatic rings. The Morgan fingerprint density at radius 1 is 0.896 bits per heavy atom. The van der Waals surface area contributed by atoms with Gasteiger partial charge in [0, 0.05) is 18.7 Å². The Labute approximate surface area is 277 Å². The highest BCUT2D eigenvalue weighted by atomic mass is 32.2. The maximum atomic E-state index is 14.0. The molecule has 3 N–H and O–H groups in total. The Morgan fingerprint density at radius 2 is 1.65 bits per heavy atom. The molecule has 0 saturated heterocycles. The number of hydrogen-bond acceptors (Lipinski definition) is 8. The summed E-state index contributed by atoms with van der Waals surface area (Å²) < 4.78 is 72.7. The average Bonchev–Trinajstić information content (AvgIpc) is 3.06. The number of ether oxygens (including phenoxy) is 3. The van der Waals surface area contributed by atoms with Crippen molar-refractivity contribution >= 4 is 27.7 Å². The number of benzene rings is 3. The molecular weight excluding hydrogens is 650 g/mol. The number of sulfonamides is 1. The van der Waals surface area contributed by atoms with Crippen molar-refractivity contribution in [2.45, 2.75) is 44.2 Å². The Kier molecular flexibility index (Phi) is 11.9. The van der Waals surface area contributed by atoms with Gasteiger partial charge in [0.15, 0.2) is 23.1 Å². The van der Waals surface area contributed by atoms with E-state index < -0.39 is 62.8 Å². The molecule has 3 aromatic rings. The second-order valence-electron chi connectivity index (χ2n) is 11.3. The summed E-state index contributed by atoms with van der Waals surface area (Å²) in [5.41, 5.74) is 0.717. The van der Waals surface area contributed by atoms with Crippen molar-refractivity contribution in [3.8, 4) is 23.0 Å². The maximum Gasteiger partial charge on any atom is 0.251 e. The highest BCUT2D eigenvalue weighted by molar-refractivity contribution is 7.89. The van der Waals surface area contributed by atoms with Gasteiger partial charge in [-0.2, -0.15) is 4.31 Å². The van der Waals surface area contributed by atoms with Gasteiger partial charge >= 0.3 is 0 Å². The molecule has 3 aromatic carbocycles. The third kappa shape index (κ3) is 8.58. The van der Waals surface area contributed by atoms with E-state index in [0.29, 0.717) is 41.4 Å². The van der Waals surface area contributed by atoms with Crippen LogP contribution >= 0.6 is 0 Å². The van der Waals surface area contributed by atoms with Crippen LogP contribution in [0, 0.1) is 17.6 Å². The fraction of sp³-hybridized carbons (Fsp3) is 0.364. The first kappa shape index (κ1) is 36.1. The molecule has 0 aromatic heterocycles. The molecule has 3 amide bonds. The normalized spacial score (nSPS) is 17.3. The van der Waals surface area contributed by atoms with E-state index in [1.807, 2.05) is 0 Å². The van der Waals surface area contributed by atoms with Crippen LogP contribution in [0.5, 0.6) is 23.0 Å². The fourth-order valence-electron chi connectivity index (χ4n) is 5.01. The van der Waals surface area contributed by atoms with E-state index in [0.717, 1.165) is 10.4 Å². The summed E-state index contributed by atoms with van der Waals surface area (Å²) in [4.78, 5) is 39.2. The Morgan fingerprint density at radius 3 is 2.33 bits per heavy atom. The number of fused-ring (bicyclic) bond motifs is 3. The van der Waals surface area contributed by atoms with Gasteiger partial charge in [-0.15, -0.1) is 0 Å². The zero-order chi connectivity index (χ0) is 35.0. The highest BCUT2D eigenvalue weighted by Crippen LogP contribution is 2.37. The van der Waals surface area contributed by atoms with Gasteiger partial charge in [0.2, 0.25) is 21.8 Å². The summed E-state index contributed by atoms with van der Waals surface area (Å²) in [6.45, 7) is 2.59. The van der Waals surface area contributed by atoms with E-state index in [2.05, 4.69) is 16.0 Å². The predicted molar refractivity (Wildman–Crippen MR) is 171 cm³/mol. The summed E-state index contributed by atoms with van der Waals surface area (Å²) in [5, 5.41) is 8.18. The third-order valence-corrected chi connectivity index (χ3v) is 9.47. The number of halogens is 2. The van der Waals surface area contributed by atoms with Crippen LogP contribution in [-0.2, 0) is 26.2 Å². The number of hydrogen-bond donors (Lipinski definition) is 3. The molecule has 0 aliphatic carbocycles. The van der Waals surface area contributed by atoms with Crippen molar-refractivity contribution in [3.63, 3.8) is 0 Å². The number of amides is 3. The first-order valence-corrected chi connectivity index (χ1v) is 16.6. The lowest BCUT2D eigenvalue weighted by molar-refractivity contribution is -0.130. The molecule has 258 valence electrons. The Hall–Kier alpha value is -4.76. The van der Waals surface area contributed by atoms with E-state index >= 15 is 0 Å². The predicted octanol–water partition coefficient (Wildman–Crippen LogP) is 3.75. The number of rotatable bonds is 5. The monoisotopic (exact) mass is 688 g/mol. The molecule has 1 atom stereocenters. The molecule has 12 nitrogen and oxygen atoms in total. The number of nitrogens with zero attached hydrogens (tertiary/aromatic N) is 1. The molecule has 2 bridgehead atoms. The minimum absolute atomic E-state index is 0.0869. The molecule has 0 saturated carbocycles. The second kappa shape index (κ2) is 15.9. The number of carbonyl (C=O) groups is 3. The molecule has 0 fully saturated rings. The van der Waals surface area contributed by atoms with Crippen molar-refractivity contribution in [2.24, 2.45) is 5.92 Å². The molecule has 1 heterocycles. The minimum Gasteiger partial charge on any atom is -0.496 e. The van der Waals surface area contributed by atoms with Crippen molar-refractivity contribution in [1.82, 2.24) is 20.3 Å². The average molecular weight is 689 g/mol. The number of carbonyl (C=O) groups excluding carboxylic acids is 3. The fourth-order valence-corrected chi connectivity index (χ4v) is 6.46. The number of methoxy groups -OCH3 is 2. The van der Waals surface area contributed by atoms with Crippen LogP contribution in [-0.4, -0.2) is 70.3 Å². The van der Waals surface area contributed by atoms with Crippen molar-refractivity contribution in [1.29, 1.82) is 0 Å². The first-order chi connectivity index (χ1) is 22.8. The summed E-state index contributed by atoms with van der Waals surface area (Å²) in [6.07, 6.45) is 0.501. The smallest absolute Gasteiger partial charge is 0.251 e. The molecule has 1 aliphatic heterocycles. The van der Waals surface area contributed by atoms with E-state index in [1.54, 1.807) is 44.2 Å². The maximum absolute atomic E-state index is 14.0. The lowest BCUT2D eigenvalue weighted by Gasteiger charge is -2.26. The van der Waals surface area contributed by atoms with Crippen molar-refractivity contribution in [3.05, 3.63) is 77.4 Å². The summed E-state index contributed by atoms with van der Waals surface area (Å²) in [7, 11) is -1.57. The van der Waals surface area contributed by atoms with Gasteiger partial charge in [-0.25, -0.2) is 17.2 Å². The first-order valence-electron chi connectivity index (χ1n) is 15.2. The zero-order valence-electron chi connectivity index (χ0n) is 27.0. The van der Waals surface area contributed by atoms with Gasteiger partial charge in [-0.05, 0) is 67.3 Å². The van der Waals surface area contributed by atoms with E-state index in [4.69, 9.17) is 14.2 Å². The molecule has 0 spiro atoms. The van der Waals surface area contributed by atoms with Gasteiger partial charge in [0.1, 0.15) is 17.5 Å². The van der Waals surface area contributed by atoms with Crippen LogP contribution < -0.4 is 30.2 Å². The van der Waals surface area contributed by atoms with E-state index in [9.17, 15) is 31.6 Å². The van der Waals surface area contributed by atoms with Gasteiger partial charge in [-0.3, -0.25) is 14.4 Å². The highest BCUT2D eigenvalue weighted by Gasteiger charge is 2.30. The van der Waals surface area contributed by atoms with Crippen LogP contribution in [0.3, 0.4) is 0 Å². The van der Waals surface area contributed by atoms with Crippen molar-refractivity contribution in [2.75, 3.05) is 33.9 Å². The van der Waals surface area contributed by atoms with Gasteiger partial charge in [0.05, 0.1) is 37.8 Å². The van der Waals surface area contributed by atoms with Crippen LogP contribution in [0.15, 0.2) is 59.5 Å². The van der Waals surface area contributed by atoms with Gasteiger partial charge in [0.25, 0.3) is 5.91 Å². The lowest BCUT2D eigenvalue weighted by atomic mass is 10.0. The molecule has 4 rings (SSSR count). The molecule has 0 radical (unpaired) electrons. The quantitative estimate of drug-likeness (QED) is 0.367. The van der Waals surface area contributed by atoms with Crippen LogP contribution in [0.25, 0.3) is 0 Å². The SMILES string of the molecule is COc1ccc2cc1Oc1cccc(OC)c1CNC(=O)[C@@H](C(C)C)NC(=O)CN(S(=O)(=O)c1ccc(F)c(F)c1)CCCCNC2=O. The summed E-state index contributed by atoms with van der Waals surface area (Å²) >= 11 is 0. The second-order valence-corrected chi connectivity index (χ2v) is 13.2. The molecule has 0 unspecified atom stereocenters. The third-order valence-electron chi connectivity index (χ3n) is 7.63. The molecule has 15 heteroatoms. The van der Waals surface area contributed by atoms with Gasteiger partial charge in [-0.1, -0.05) is 19.9 Å². The lowest BCUT2D eigenvalue weighted by Crippen LogP contribution is -2.52. The summed E-state index contributed by atoms with van der Waals surface area (Å²) in [6, 6.07) is 10.7. The molecule has 48 heavy (non-hydrogen) atoms. The minimum atomic E-state index is -4.48. The summed E-state index contributed by atoms with van der Waals surface area (Å²) in [5.74, 6) is -3.50. The van der Waals surface area contributed by atoms with Gasteiger partial charge < -0.3 is 30.2 Å². The van der Waals surface area contributed by atoms with Crippen molar-refractivity contribution < 1.29 is 45.8 Å².